The van der Waals surface area contributed by atoms with Gasteiger partial charge in [-0.15, -0.1) is 0 Å². The maximum absolute atomic E-state index is 12.6. The number of primary amides is 1. The fourth-order valence-electron chi connectivity index (χ4n) is 3.15. The Labute approximate surface area is 176 Å². The van der Waals surface area contributed by atoms with E-state index in [2.05, 4.69) is 16.0 Å². The van der Waals surface area contributed by atoms with Gasteiger partial charge in [0.05, 0.1) is 23.9 Å². The molecular formula is C18H32N4O7S. The second kappa shape index (κ2) is 10.8. The Bertz CT molecular complexity index is 781. The van der Waals surface area contributed by atoms with Crippen molar-refractivity contribution in [2.75, 3.05) is 19.1 Å². The number of hydrogen-bond donors (Lipinski definition) is 6. The molecule has 1 aliphatic carbocycles. The van der Waals surface area contributed by atoms with Crippen LogP contribution in [0.25, 0.3) is 0 Å². The Balaban J connectivity index is 2.97. The summed E-state index contributed by atoms with van der Waals surface area (Å²) in [5, 5.41) is 28.2. The van der Waals surface area contributed by atoms with Crippen LogP contribution in [0.4, 0.5) is 0 Å². The maximum atomic E-state index is 12.6. The van der Waals surface area contributed by atoms with E-state index < -0.39 is 57.9 Å². The van der Waals surface area contributed by atoms with Crippen molar-refractivity contribution in [3.8, 4) is 0 Å². The number of nitrogens with one attached hydrogen (secondary N) is 3. The fraction of sp³-hybridized carbons (Fsp3) is 0.722. The van der Waals surface area contributed by atoms with E-state index in [1.165, 1.54) is 6.08 Å². The molecule has 0 heterocycles. The minimum atomic E-state index is -3.37. The second-order valence-electron chi connectivity index (χ2n) is 7.85. The summed E-state index contributed by atoms with van der Waals surface area (Å²) >= 11 is 0. The molecule has 1 rings (SSSR count). The van der Waals surface area contributed by atoms with Crippen molar-refractivity contribution in [3.05, 3.63) is 11.6 Å². The first-order chi connectivity index (χ1) is 13.8. The number of aliphatic hydroxyl groups excluding tert-OH is 2. The molecule has 12 heteroatoms. The molecule has 0 fully saturated rings. The number of aliphatic hydroxyl groups is 2. The molecule has 0 unspecified atom stereocenters. The Morgan fingerprint density at radius 3 is 2.33 bits per heavy atom. The lowest BCUT2D eigenvalue weighted by atomic mass is 9.89. The average molecular weight is 449 g/mol. The smallest absolute Gasteiger partial charge is 0.247 e. The number of carbonyl (C=O) groups excluding carboxylic acids is 3. The molecule has 5 atom stereocenters. The number of sulfone groups is 1. The third kappa shape index (κ3) is 7.67. The third-order valence-corrected chi connectivity index (χ3v) is 5.84. The lowest BCUT2D eigenvalue weighted by Gasteiger charge is -2.32. The number of amides is 3. The number of nitrogens with two attached hydrogens (primary N) is 1. The predicted molar refractivity (Wildman–Crippen MR) is 110 cm³/mol. The van der Waals surface area contributed by atoms with Crippen molar-refractivity contribution >= 4 is 27.6 Å². The van der Waals surface area contributed by atoms with Gasteiger partial charge in [0, 0.05) is 18.2 Å². The molecular weight excluding hydrogens is 416 g/mol. The quantitative estimate of drug-likeness (QED) is 0.206. The first kappa shape index (κ1) is 26.0. The van der Waals surface area contributed by atoms with Gasteiger partial charge < -0.3 is 31.9 Å². The zero-order valence-electron chi connectivity index (χ0n) is 17.6. The first-order valence-corrected chi connectivity index (χ1v) is 11.6. The lowest BCUT2D eigenvalue weighted by molar-refractivity contribution is -0.127. The van der Waals surface area contributed by atoms with Crippen molar-refractivity contribution in [1.29, 1.82) is 0 Å². The second-order valence-corrected chi connectivity index (χ2v) is 10.1. The summed E-state index contributed by atoms with van der Waals surface area (Å²) in [5.74, 6) is -2.45. The zero-order chi connectivity index (χ0) is 23.2. The number of carbonyl (C=O) groups is 3. The lowest BCUT2D eigenvalue weighted by Crippen LogP contribution is -2.56. The highest BCUT2D eigenvalue weighted by molar-refractivity contribution is 7.90. The first-order valence-electron chi connectivity index (χ1n) is 9.59. The van der Waals surface area contributed by atoms with Crippen molar-refractivity contribution in [3.63, 3.8) is 0 Å². The van der Waals surface area contributed by atoms with E-state index in [-0.39, 0.29) is 30.1 Å². The Kier molecular flexibility index (Phi) is 9.40. The Hall–Kier alpha value is -2.02. The molecule has 0 aliphatic heterocycles. The summed E-state index contributed by atoms with van der Waals surface area (Å²) in [6, 6.07) is -2.79. The van der Waals surface area contributed by atoms with E-state index >= 15 is 0 Å². The van der Waals surface area contributed by atoms with Gasteiger partial charge in [-0.1, -0.05) is 19.9 Å². The molecule has 11 nitrogen and oxygen atoms in total. The molecule has 0 bridgehead atoms. The summed E-state index contributed by atoms with van der Waals surface area (Å²) in [4.78, 5) is 36.6. The Morgan fingerprint density at radius 2 is 1.87 bits per heavy atom. The van der Waals surface area contributed by atoms with Crippen molar-refractivity contribution in [2.24, 2.45) is 11.7 Å². The van der Waals surface area contributed by atoms with Crippen molar-refractivity contribution < 1.29 is 33.0 Å². The van der Waals surface area contributed by atoms with Crippen LogP contribution in [0.1, 0.15) is 26.7 Å². The van der Waals surface area contributed by atoms with Crippen LogP contribution in [-0.4, -0.2) is 85.7 Å². The predicted octanol–water partition coefficient (Wildman–Crippen LogP) is -2.83. The van der Waals surface area contributed by atoms with Crippen LogP contribution in [0.15, 0.2) is 11.6 Å². The van der Waals surface area contributed by atoms with E-state index in [1.807, 2.05) is 13.8 Å². The summed E-state index contributed by atoms with van der Waals surface area (Å²) in [6.07, 6.45) is -0.750. The molecule has 0 aromatic carbocycles. The van der Waals surface area contributed by atoms with Gasteiger partial charge in [-0.05, 0) is 19.4 Å². The van der Waals surface area contributed by atoms with Gasteiger partial charge in [-0.3, -0.25) is 14.4 Å². The normalized spacial score (nSPS) is 24.0. The number of likely N-dealkylation sites (N-methyl/N-ethyl adjacent to an activating group) is 1. The Morgan fingerprint density at radius 1 is 1.27 bits per heavy atom. The molecule has 30 heavy (non-hydrogen) atoms. The van der Waals surface area contributed by atoms with E-state index in [0.717, 1.165) is 6.26 Å². The highest BCUT2D eigenvalue weighted by atomic mass is 32.2. The molecule has 1 aliphatic rings. The van der Waals surface area contributed by atoms with E-state index in [9.17, 15) is 33.0 Å². The molecule has 0 saturated carbocycles. The van der Waals surface area contributed by atoms with Gasteiger partial charge in [0.1, 0.15) is 22.0 Å². The molecule has 0 spiro atoms. The van der Waals surface area contributed by atoms with Crippen LogP contribution < -0.4 is 21.7 Å². The van der Waals surface area contributed by atoms with Crippen LogP contribution in [0, 0.1) is 5.92 Å². The van der Waals surface area contributed by atoms with E-state index in [1.54, 1.807) is 7.05 Å². The van der Waals surface area contributed by atoms with E-state index in [4.69, 9.17) is 5.73 Å². The van der Waals surface area contributed by atoms with Crippen LogP contribution in [0.5, 0.6) is 0 Å². The van der Waals surface area contributed by atoms with Crippen LogP contribution in [0.3, 0.4) is 0 Å². The highest BCUT2D eigenvalue weighted by Gasteiger charge is 2.35. The van der Waals surface area contributed by atoms with Gasteiger partial charge >= 0.3 is 0 Å². The van der Waals surface area contributed by atoms with Crippen LogP contribution >= 0.6 is 0 Å². The molecule has 7 N–H and O–H groups in total. The van der Waals surface area contributed by atoms with Gasteiger partial charge in [0.15, 0.2) is 0 Å². The summed E-state index contributed by atoms with van der Waals surface area (Å²) in [6.45, 7) is 3.67. The highest BCUT2D eigenvalue weighted by Crippen LogP contribution is 2.20. The standard InChI is InChI=1S/C18H32N4O7S/c1-9(2)14(20-3)18(27)22-12-7-10(8-13(23)15(12)24)17(26)21-11(16(19)25)5-6-30(4,28)29/h7,9,11-15,20,23-24H,5-6,8H2,1-4H3,(H2,19,25)(H,21,26)(H,22,27)/t11-,12+,13+,14-,15+/m0/s1. The largest absolute Gasteiger partial charge is 0.390 e. The van der Waals surface area contributed by atoms with Crippen LogP contribution in [-0.2, 0) is 24.2 Å². The molecule has 3 amide bonds. The van der Waals surface area contributed by atoms with Gasteiger partial charge in [-0.2, -0.15) is 0 Å². The van der Waals surface area contributed by atoms with Gasteiger partial charge in [0.2, 0.25) is 17.7 Å². The SMILES string of the molecule is CN[C@H](C(=O)N[C@@H]1C=C(C(=O)N[C@@H](CCS(C)(=O)=O)C(N)=O)C[C@@H](O)[C@@H]1O)C(C)C. The molecule has 0 aromatic rings. The number of rotatable bonds is 10. The van der Waals surface area contributed by atoms with Crippen molar-refractivity contribution in [2.45, 2.75) is 57.0 Å². The van der Waals surface area contributed by atoms with E-state index in [0.29, 0.717) is 0 Å². The summed E-state index contributed by atoms with van der Waals surface area (Å²) < 4.78 is 22.6. The average Bonchev–Trinajstić information content (AvgIpc) is 2.61. The number of hydrogen-bond acceptors (Lipinski definition) is 8. The van der Waals surface area contributed by atoms with Crippen LogP contribution in [0.2, 0.25) is 0 Å². The maximum Gasteiger partial charge on any atom is 0.247 e. The summed E-state index contributed by atoms with van der Waals surface area (Å²) in [7, 11) is -1.75. The molecule has 172 valence electrons. The fourth-order valence-corrected chi connectivity index (χ4v) is 3.82. The van der Waals surface area contributed by atoms with Crippen molar-refractivity contribution in [1.82, 2.24) is 16.0 Å². The monoisotopic (exact) mass is 448 g/mol. The van der Waals surface area contributed by atoms with Gasteiger partial charge in [0.25, 0.3) is 0 Å². The van der Waals surface area contributed by atoms with Gasteiger partial charge in [-0.25, -0.2) is 8.42 Å². The molecule has 0 aromatic heterocycles. The third-order valence-electron chi connectivity index (χ3n) is 4.86. The molecule has 0 radical (unpaired) electrons. The minimum Gasteiger partial charge on any atom is -0.390 e. The summed E-state index contributed by atoms with van der Waals surface area (Å²) in [5.41, 5.74) is 5.28. The molecule has 0 saturated heterocycles. The zero-order valence-corrected chi connectivity index (χ0v) is 18.4. The minimum absolute atomic E-state index is 0.0364. The topological polar surface area (TPSA) is 188 Å².